The maximum absolute atomic E-state index is 13.8. The fraction of sp³-hybridized carbons (Fsp3) is 0. The van der Waals surface area contributed by atoms with Gasteiger partial charge in [0.05, 0.1) is 0 Å². The van der Waals surface area contributed by atoms with Crippen LogP contribution in [0.1, 0.15) is 0 Å². The lowest BCUT2D eigenvalue weighted by Gasteiger charge is -2.22. The van der Waals surface area contributed by atoms with E-state index >= 15 is 0 Å². The molecule has 0 aliphatic heterocycles. The summed E-state index contributed by atoms with van der Waals surface area (Å²) >= 11 is 15.3. The Kier molecular flexibility index (Phi) is 4.30. The Bertz CT molecular complexity index is 2400. The Balaban J connectivity index is 1.88. The maximum Gasteiger partial charge on any atom is 0.195 e. The summed E-state index contributed by atoms with van der Waals surface area (Å²) in [6.45, 7) is 0. The van der Waals surface area contributed by atoms with E-state index in [0.29, 0.717) is 21.5 Å². The molecule has 8 rings (SSSR count). The van der Waals surface area contributed by atoms with Crippen LogP contribution in [0.25, 0.3) is 75.4 Å². The summed E-state index contributed by atoms with van der Waals surface area (Å²) in [7, 11) is 0. The minimum Gasteiger partial charge on any atom is -0.289 e. The predicted molar refractivity (Wildman–Crippen MR) is 166 cm³/mol. The van der Waals surface area contributed by atoms with Crippen molar-refractivity contribution in [3.63, 3.8) is 0 Å². The van der Waals surface area contributed by atoms with Gasteiger partial charge in [-0.15, -0.1) is 0 Å². The molecule has 0 unspecified atom stereocenters. The van der Waals surface area contributed by atoms with Crippen molar-refractivity contribution >= 4 is 139 Å². The van der Waals surface area contributed by atoms with Crippen LogP contribution < -0.4 is 10.9 Å². The van der Waals surface area contributed by atoms with Gasteiger partial charge in [0.25, 0.3) is 0 Å². The van der Waals surface area contributed by atoms with E-state index in [1.165, 1.54) is 0 Å². The van der Waals surface area contributed by atoms with Gasteiger partial charge in [-0.3, -0.25) is 9.59 Å². The van der Waals surface area contributed by atoms with E-state index in [1.807, 2.05) is 54.6 Å². The molecule has 170 valence electrons. The SMILES string of the molecule is O=c1c2cccc(Br)c2c2c(Br)c3c(Br)c(Br)c4c(=O)c5ccccc5c5cc6ccc1c2c6c3c45. The zero-order chi connectivity index (χ0) is 24.6. The van der Waals surface area contributed by atoms with E-state index in [9.17, 15) is 9.59 Å². The van der Waals surface area contributed by atoms with Gasteiger partial charge in [0, 0.05) is 71.8 Å². The molecule has 0 atom stereocenters. The molecule has 0 amide bonds. The van der Waals surface area contributed by atoms with Crippen LogP contribution in [0.5, 0.6) is 0 Å². The van der Waals surface area contributed by atoms with Crippen LogP contribution in [0, 0.1) is 0 Å². The normalized spacial score (nSPS) is 12.7. The number of rotatable bonds is 0. The molecule has 0 radical (unpaired) electrons. The van der Waals surface area contributed by atoms with Gasteiger partial charge in [0.1, 0.15) is 0 Å². The molecule has 0 aromatic heterocycles. The van der Waals surface area contributed by atoms with Gasteiger partial charge in [-0.2, -0.15) is 0 Å². The first-order valence-corrected chi connectivity index (χ1v) is 14.4. The molecule has 0 saturated heterocycles. The van der Waals surface area contributed by atoms with E-state index in [-0.39, 0.29) is 10.9 Å². The highest BCUT2D eigenvalue weighted by atomic mass is 79.9. The first-order chi connectivity index (χ1) is 17.4. The Labute approximate surface area is 236 Å². The van der Waals surface area contributed by atoms with Gasteiger partial charge in [-0.1, -0.05) is 58.4 Å². The zero-order valence-corrected chi connectivity index (χ0v) is 24.4. The lowest BCUT2D eigenvalue weighted by atomic mass is 9.84. The Morgan fingerprint density at radius 1 is 0.417 bits per heavy atom. The number of hydrogen-bond donors (Lipinski definition) is 0. The summed E-state index contributed by atoms with van der Waals surface area (Å²) in [5, 5.41) is 12.4. The summed E-state index contributed by atoms with van der Waals surface area (Å²) in [4.78, 5) is 27.5. The van der Waals surface area contributed by atoms with Gasteiger partial charge in [-0.25, -0.2) is 0 Å². The third-order valence-corrected chi connectivity index (χ3v) is 11.1. The quantitative estimate of drug-likeness (QED) is 0.115. The molecule has 0 N–H and O–H groups in total. The average molecular weight is 722 g/mol. The summed E-state index contributed by atoms with van der Waals surface area (Å²) in [6.07, 6.45) is 0. The van der Waals surface area contributed by atoms with Crippen molar-refractivity contribution in [3.05, 3.63) is 99.0 Å². The van der Waals surface area contributed by atoms with Crippen LogP contribution in [0.4, 0.5) is 0 Å². The molecule has 0 saturated carbocycles. The van der Waals surface area contributed by atoms with Crippen molar-refractivity contribution in [1.82, 2.24) is 0 Å². The molecule has 8 aromatic carbocycles. The van der Waals surface area contributed by atoms with Crippen molar-refractivity contribution in [2.45, 2.75) is 0 Å². The highest BCUT2D eigenvalue weighted by Gasteiger charge is 2.27. The number of fused-ring (bicyclic) bond motifs is 4. The minimum atomic E-state index is -0.00330. The van der Waals surface area contributed by atoms with Crippen molar-refractivity contribution in [3.8, 4) is 0 Å². The van der Waals surface area contributed by atoms with E-state index in [1.54, 1.807) is 0 Å². The molecule has 0 fully saturated rings. The first kappa shape index (κ1) is 21.7. The topological polar surface area (TPSA) is 34.1 Å². The molecule has 0 spiro atoms. The summed E-state index contributed by atoms with van der Waals surface area (Å²) in [5.74, 6) is 0. The molecule has 0 aliphatic rings. The Morgan fingerprint density at radius 2 is 1.08 bits per heavy atom. The summed E-state index contributed by atoms with van der Waals surface area (Å²) < 4.78 is 3.32. The van der Waals surface area contributed by atoms with Gasteiger partial charge in [0.15, 0.2) is 10.9 Å². The van der Waals surface area contributed by atoms with E-state index in [4.69, 9.17) is 0 Å². The minimum absolute atomic E-state index is 0.00330. The number of hydrogen-bond acceptors (Lipinski definition) is 2. The number of benzene rings is 8. The second-order valence-corrected chi connectivity index (χ2v) is 12.4. The molecular weight excluding hydrogens is 712 g/mol. The largest absolute Gasteiger partial charge is 0.289 e. The lowest BCUT2D eigenvalue weighted by molar-refractivity contribution is 1.67. The number of halogens is 4. The van der Waals surface area contributed by atoms with Crippen LogP contribution in [0.15, 0.2) is 88.1 Å². The highest BCUT2D eigenvalue weighted by molar-refractivity contribution is 9.13. The van der Waals surface area contributed by atoms with Gasteiger partial charge < -0.3 is 0 Å². The van der Waals surface area contributed by atoms with Gasteiger partial charge in [-0.05, 0) is 87.5 Å². The molecular formula is C30H10Br4O2. The van der Waals surface area contributed by atoms with Crippen LogP contribution in [-0.4, -0.2) is 0 Å². The molecule has 2 nitrogen and oxygen atoms in total. The molecule has 0 bridgehead atoms. The van der Waals surface area contributed by atoms with Crippen LogP contribution >= 0.6 is 63.7 Å². The second kappa shape index (κ2) is 7.13. The average Bonchev–Trinajstić information content (AvgIpc) is 2.88. The second-order valence-electron chi connectivity index (χ2n) is 9.19. The van der Waals surface area contributed by atoms with E-state index in [2.05, 4.69) is 69.8 Å². The van der Waals surface area contributed by atoms with E-state index < -0.39 is 0 Å². The molecule has 36 heavy (non-hydrogen) atoms. The Hall–Kier alpha value is -2.38. The summed E-state index contributed by atoms with van der Waals surface area (Å²) in [5.41, 5.74) is 0.00860. The lowest BCUT2D eigenvalue weighted by Crippen LogP contribution is -2.07. The standard InChI is InChI=1S/C30H10Br4O2/c31-17-7-3-6-14-19(17)23-20-15(29(14)35)9-8-11-10-16-12-4-1-2-5-13(12)30(36)25-21(16)22(18(11)20)24(26(23)32)27(33)28(25)34/h1-10H. The molecule has 0 heterocycles. The van der Waals surface area contributed by atoms with Crippen LogP contribution in [0.3, 0.4) is 0 Å². The first-order valence-electron chi connectivity index (χ1n) is 11.2. The van der Waals surface area contributed by atoms with Crippen molar-refractivity contribution in [1.29, 1.82) is 0 Å². The fourth-order valence-corrected chi connectivity index (χ4v) is 8.95. The zero-order valence-electron chi connectivity index (χ0n) is 18.1. The predicted octanol–water partition coefficient (Wildman–Crippen LogP) is 9.84. The van der Waals surface area contributed by atoms with E-state index in [0.717, 1.165) is 71.8 Å². The third-order valence-electron chi connectivity index (χ3n) is 7.57. The fourth-order valence-electron chi connectivity index (χ4n) is 6.16. The van der Waals surface area contributed by atoms with Crippen molar-refractivity contribution in [2.75, 3.05) is 0 Å². The third kappa shape index (κ3) is 2.38. The molecule has 6 heteroatoms. The molecule has 8 aromatic rings. The summed E-state index contributed by atoms with van der Waals surface area (Å²) in [6, 6.07) is 19.7. The Morgan fingerprint density at radius 3 is 1.89 bits per heavy atom. The van der Waals surface area contributed by atoms with Gasteiger partial charge >= 0.3 is 0 Å². The van der Waals surface area contributed by atoms with Gasteiger partial charge in [0.2, 0.25) is 0 Å². The monoisotopic (exact) mass is 718 g/mol. The van der Waals surface area contributed by atoms with Crippen molar-refractivity contribution in [2.24, 2.45) is 0 Å². The van der Waals surface area contributed by atoms with Crippen molar-refractivity contribution < 1.29 is 0 Å². The highest BCUT2D eigenvalue weighted by Crippen LogP contribution is 2.53. The molecule has 0 aliphatic carbocycles. The maximum atomic E-state index is 13.8. The van der Waals surface area contributed by atoms with Crippen LogP contribution in [0.2, 0.25) is 0 Å². The smallest absolute Gasteiger partial charge is 0.195 e. The van der Waals surface area contributed by atoms with Crippen LogP contribution in [-0.2, 0) is 0 Å².